The van der Waals surface area contributed by atoms with E-state index in [1.807, 2.05) is 24.3 Å². The van der Waals surface area contributed by atoms with Crippen LogP contribution in [0.15, 0.2) is 28.8 Å². The SMILES string of the molecule is COc1ccccc1-c1noc([C@@H]2CCCO2)n1. The van der Waals surface area contributed by atoms with E-state index >= 15 is 0 Å². The Balaban J connectivity index is 1.92. The highest BCUT2D eigenvalue weighted by Gasteiger charge is 2.24. The number of benzene rings is 1. The lowest BCUT2D eigenvalue weighted by Crippen LogP contribution is -1.95. The van der Waals surface area contributed by atoms with Gasteiger partial charge in [0.05, 0.1) is 12.7 Å². The molecule has 1 aromatic carbocycles. The maximum atomic E-state index is 5.52. The average Bonchev–Trinajstić information content (AvgIpc) is 3.09. The number of para-hydroxylation sites is 1. The van der Waals surface area contributed by atoms with Crippen LogP contribution in [0, 0.1) is 0 Å². The molecular weight excluding hydrogens is 232 g/mol. The summed E-state index contributed by atoms with van der Waals surface area (Å²) in [6.45, 7) is 0.761. The van der Waals surface area contributed by atoms with Crippen molar-refractivity contribution < 1.29 is 14.0 Å². The molecule has 0 amide bonds. The number of ether oxygens (including phenoxy) is 2. The molecule has 0 unspecified atom stereocenters. The molecule has 18 heavy (non-hydrogen) atoms. The Morgan fingerprint density at radius 2 is 2.22 bits per heavy atom. The van der Waals surface area contributed by atoms with Crippen LogP contribution >= 0.6 is 0 Å². The van der Waals surface area contributed by atoms with E-state index in [0.29, 0.717) is 11.7 Å². The van der Waals surface area contributed by atoms with E-state index in [2.05, 4.69) is 10.1 Å². The van der Waals surface area contributed by atoms with Gasteiger partial charge in [-0.25, -0.2) is 0 Å². The van der Waals surface area contributed by atoms with Gasteiger partial charge in [-0.1, -0.05) is 17.3 Å². The molecule has 94 valence electrons. The third-order valence-electron chi connectivity index (χ3n) is 2.99. The smallest absolute Gasteiger partial charge is 0.256 e. The summed E-state index contributed by atoms with van der Waals surface area (Å²) in [4.78, 5) is 4.39. The van der Waals surface area contributed by atoms with Crippen LogP contribution in [0.5, 0.6) is 5.75 Å². The standard InChI is InChI=1S/C13H14N2O3/c1-16-10-6-3-2-5-9(10)12-14-13(18-15-12)11-7-4-8-17-11/h2-3,5-6,11H,4,7-8H2,1H3/t11-/m0/s1. The Bertz CT molecular complexity index is 533. The number of nitrogens with zero attached hydrogens (tertiary/aromatic N) is 2. The fourth-order valence-electron chi connectivity index (χ4n) is 2.08. The minimum absolute atomic E-state index is 0.0547. The molecule has 0 spiro atoms. The summed E-state index contributed by atoms with van der Waals surface area (Å²) in [5, 5.41) is 3.99. The van der Waals surface area contributed by atoms with Crippen molar-refractivity contribution in [2.75, 3.05) is 13.7 Å². The first-order valence-electron chi connectivity index (χ1n) is 5.97. The molecule has 1 atom stereocenters. The maximum absolute atomic E-state index is 5.52. The van der Waals surface area contributed by atoms with Gasteiger partial charge in [-0.05, 0) is 25.0 Å². The summed E-state index contributed by atoms with van der Waals surface area (Å²) >= 11 is 0. The molecule has 2 aromatic rings. The lowest BCUT2D eigenvalue weighted by atomic mass is 10.2. The van der Waals surface area contributed by atoms with Gasteiger partial charge in [0.15, 0.2) is 0 Å². The van der Waals surface area contributed by atoms with Crippen molar-refractivity contribution in [1.82, 2.24) is 10.1 Å². The fraction of sp³-hybridized carbons (Fsp3) is 0.385. The summed E-state index contributed by atoms with van der Waals surface area (Å²) in [5.74, 6) is 1.82. The number of aromatic nitrogens is 2. The molecule has 0 N–H and O–H groups in total. The quantitative estimate of drug-likeness (QED) is 0.833. The molecule has 5 nitrogen and oxygen atoms in total. The Hall–Kier alpha value is -1.88. The molecule has 0 bridgehead atoms. The molecule has 3 rings (SSSR count). The van der Waals surface area contributed by atoms with Crippen LogP contribution in [0.4, 0.5) is 0 Å². The molecule has 0 aliphatic carbocycles. The molecule has 5 heteroatoms. The predicted molar refractivity (Wildman–Crippen MR) is 64.2 cm³/mol. The van der Waals surface area contributed by atoms with E-state index in [0.717, 1.165) is 30.8 Å². The summed E-state index contributed by atoms with van der Waals surface area (Å²) in [7, 11) is 1.62. The van der Waals surface area contributed by atoms with Gasteiger partial charge in [-0.3, -0.25) is 0 Å². The Morgan fingerprint density at radius 3 is 3.00 bits per heavy atom. The normalized spacial score (nSPS) is 19.1. The number of methoxy groups -OCH3 is 1. The van der Waals surface area contributed by atoms with Crippen LogP contribution in [0.3, 0.4) is 0 Å². The molecule has 1 fully saturated rings. The molecule has 0 saturated carbocycles. The lowest BCUT2D eigenvalue weighted by Gasteiger charge is -2.03. The third-order valence-corrected chi connectivity index (χ3v) is 2.99. The summed E-state index contributed by atoms with van der Waals surface area (Å²) < 4.78 is 16.1. The van der Waals surface area contributed by atoms with Gasteiger partial charge in [0.1, 0.15) is 11.9 Å². The monoisotopic (exact) mass is 246 g/mol. The van der Waals surface area contributed by atoms with Gasteiger partial charge in [0, 0.05) is 6.61 Å². The van der Waals surface area contributed by atoms with Crippen LogP contribution in [0.1, 0.15) is 24.8 Å². The van der Waals surface area contributed by atoms with Gasteiger partial charge < -0.3 is 14.0 Å². The van der Waals surface area contributed by atoms with Gasteiger partial charge >= 0.3 is 0 Å². The van der Waals surface area contributed by atoms with Gasteiger partial charge in [-0.15, -0.1) is 0 Å². The molecule has 1 saturated heterocycles. The first-order valence-corrected chi connectivity index (χ1v) is 5.97. The van der Waals surface area contributed by atoms with Crippen LogP contribution in [0.25, 0.3) is 11.4 Å². The number of rotatable bonds is 3. The van der Waals surface area contributed by atoms with Crippen molar-refractivity contribution >= 4 is 0 Å². The fourth-order valence-corrected chi connectivity index (χ4v) is 2.08. The predicted octanol–water partition coefficient (Wildman–Crippen LogP) is 2.60. The van der Waals surface area contributed by atoms with Crippen molar-refractivity contribution in [3.05, 3.63) is 30.2 Å². The number of hydrogen-bond donors (Lipinski definition) is 0. The van der Waals surface area contributed by atoms with Crippen molar-refractivity contribution in [2.24, 2.45) is 0 Å². The van der Waals surface area contributed by atoms with E-state index in [-0.39, 0.29) is 6.10 Å². The Labute approximate surface area is 105 Å². The van der Waals surface area contributed by atoms with E-state index in [4.69, 9.17) is 14.0 Å². The van der Waals surface area contributed by atoms with E-state index in [9.17, 15) is 0 Å². The van der Waals surface area contributed by atoms with E-state index in [1.54, 1.807) is 7.11 Å². The van der Waals surface area contributed by atoms with Crippen LogP contribution < -0.4 is 4.74 Å². The molecule has 1 aliphatic rings. The molecule has 0 radical (unpaired) electrons. The largest absolute Gasteiger partial charge is 0.496 e. The topological polar surface area (TPSA) is 57.4 Å². The van der Waals surface area contributed by atoms with Crippen LogP contribution in [0.2, 0.25) is 0 Å². The zero-order valence-corrected chi connectivity index (χ0v) is 10.1. The zero-order chi connectivity index (χ0) is 12.4. The summed E-state index contributed by atoms with van der Waals surface area (Å²) in [6, 6.07) is 7.60. The minimum atomic E-state index is -0.0547. The summed E-state index contributed by atoms with van der Waals surface area (Å²) in [5.41, 5.74) is 0.827. The van der Waals surface area contributed by atoms with E-state index < -0.39 is 0 Å². The highest BCUT2D eigenvalue weighted by Crippen LogP contribution is 2.31. The second-order valence-corrected chi connectivity index (χ2v) is 4.16. The average molecular weight is 246 g/mol. The molecule has 1 aromatic heterocycles. The third kappa shape index (κ3) is 1.97. The Kier molecular flexibility index (Phi) is 2.98. The van der Waals surface area contributed by atoms with Crippen molar-refractivity contribution in [2.45, 2.75) is 18.9 Å². The molecule has 2 heterocycles. The summed E-state index contributed by atoms with van der Waals surface area (Å²) in [6.07, 6.45) is 1.92. The second kappa shape index (κ2) is 4.78. The van der Waals surface area contributed by atoms with E-state index in [1.165, 1.54) is 0 Å². The highest BCUT2D eigenvalue weighted by molar-refractivity contribution is 5.63. The van der Waals surface area contributed by atoms with Crippen LogP contribution in [-0.4, -0.2) is 23.9 Å². The maximum Gasteiger partial charge on any atom is 0.256 e. The first-order chi connectivity index (χ1) is 8.88. The van der Waals surface area contributed by atoms with Crippen LogP contribution in [-0.2, 0) is 4.74 Å². The highest BCUT2D eigenvalue weighted by atomic mass is 16.5. The second-order valence-electron chi connectivity index (χ2n) is 4.16. The van der Waals surface area contributed by atoms with Crippen molar-refractivity contribution in [3.63, 3.8) is 0 Å². The Morgan fingerprint density at radius 1 is 1.33 bits per heavy atom. The zero-order valence-electron chi connectivity index (χ0n) is 10.1. The number of hydrogen-bond acceptors (Lipinski definition) is 5. The van der Waals surface area contributed by atoms with Gasteiger partial charge in [-0.2, -0.15) is 4.98 Å². The lowest BCUT2D eigenvalue weighted by molar-refractivity contribution is 0.0835. The minimum Gasteiger partial charge on any atom is -0.496 e. The molecular formula is C13H14N2O3. The van der Waals surface area contributed by atoms with Crippen molar-refractivity contribution in [1.29, 1.82) is 0 Å². The van der Waals surface area contributed by atoms with Gasteiger partial charge in [0.25, 0.3) is 5.89 Å². The van der Waals surface area contributed by atoms with Crippen molar-refractivity contribution in [3.8, 4) is 17.1 Å². The molecule has 1 aliphatic heterocycles. The first kappa shape index (κ1) is 11.2. The van der Waals surface area contributed by atoms with Gasteiger partial charge in [0.2, 0.25) is 5.82 Å².